The Labute approximate surface area is 123 Å². The summed E-state index contributed by atoms with van der Waals surface area (Å²) >= 11 is 0. The van der Waals surface area contributed by atoms with Crippen molar-refractivity contribution in [1.29, 1.82) is 0 Å². The smallest absolute Gasteiger partial charge is 0.330 e. The van der Waals surface area contributed by atoms with Gasteiger partial charge < -0.3 is 19.8 Å². The van der Waals surface area contributed by atoms with Gasteiger partial charge in [0.25, 0.3) is 0 Å². The topological polar surface area (TPSA) is 80.9 Å². The van der Waals surface area contributed by atoms with Crippen LogP contribution in [0.2, 0.25) is 0 Å². The lowest BCUT2D eigenvalue weighted by atomic mass is 9.95. The first kappa shape index (κ1) is 15.3. The Bertz CT molecular complexity index is 491. The van der Waals surface area contributed by atoms with E-state index in [4.69, 9.17) is 9.57 Å². The highest BCUT2D eigenvalue weighted by Gasteiger charge is 2.25. The molecule has 0 radical (unpaired) electrons. The highest BCUT2D eigenvalue weighted by atomic mass is 16.7. The Kier molecular flexibility index (Phi) is 5.14. The predicted octanol–water partition coefficient (Wildman–Crippen LogP) is 1.72. The van der Waals surface area contributed by atoms with Crippen LogP contribution in [0.15, 0.2) is 12.7 Å². The maximum absolute atomic E-state index is 10.8. The number of hydrogen-bond acceptors (Lipinski definition) is 5. The van der Waals surface area contributed by atoms with Crippen LogP contribution in [0, 0.1) is 0 Å². The molecule has 2 rings (SSSR count). The van der Waals surface area contributed by atoms with Gasteiger partial charge in [0.1, 0.15) is 6.61 Å². The van der Waals surface area contributed by atoms with Crippen LogP contribution in [0.25, 0.3) is 0 Å². The third kappa shape index (κ3) is 3.51. The SMILES string of the molecule is C=CC(=O)OCCCCOn1c(O)c2c(c1O)CCCC2. The van der Waals surface area contributed by atoms with Crippen molar-refractivity contribution in [3.8, 4) is 11.8 Å². The first-order valence-electron chi connectivity index (χ1n) is 7.22. The third-order valence-corrected chi connectivity index (χ3v) is 3.56. The fourth-order valence-electron chi connectivity index (χ4n) is 2.46. The molecule has 0 unspecified atom stereocenters. The Morgan fingerprint density at radius 1 is 1.14 bits per heavy atom. The highest BCUT2D eigenvalue weighted by molar-refractivity contribution is 5.81. The van der Waals surface area contributed by atoms with E-state index in [1.807, 2.05) is 0 Å². The summed E-state index contributed by atoms with van der Waals surface area (Å²) in [7, 11) is 0. The molecule has 116 valence electrons. The van der Waals surface area contributed by atoms with Crippen molar-refractivity contribution in [2.24, 2.45) is 0 Å². The molecule has 0 amide bonds. The van der Waals surface area contributed by atoms with Gasteiger partial charge in [0.15, 0.2) is 0 Å². The number of aromatic nitrogens is 1. The summed E-state index contributed by atoms with van der Waals surface area (Å²) < 4.78 is 5.94. The average Bonchev–Trinajstić information content (AvgIpc) is 2.75. The molecule has 0 spiro atoms. The van der Waals surface area contributed by atoms with E-state index in [2.05, 4.69) is 6.58 Å². The maximum atomic E-state index is 10.8. The van der Waals surface area contributed by atoms with Crippen LogP contribution < -0.4 is 4.84 Å². The Hall–Kier alpha value is -2.11. The van der Waals surface area contributed by atoms with Crippen LogP contribution in [0.1, 0.15) is 36.8 Å². The molecule has 1 heterocycles. The number of hydrogen-bond donors (Lipinski definition) is 2. The molecule has 0 saturated carbocycles. The van der Waals surface area contributed by atoms with Crippen molar-refractivity contribution in [3.05, 3.63) is 23.8 Å². The van der Waals surface area contributed by atoms with Crippen LogP contribution in [-0.4, -0.2) is 34.1 Å². The average molecular weight is 295 g/mol. The summed E-state index contributed by atoms with van der Waals surface area (Å²) in [6.07, 6.45) is 5.97. The molecule has 0 atom stereocenters. The largest absolute Gasteiger partial charge is 0.492 e. The quantitative estimate of drug-likeness (QED) is 0.455. The summed E-state index contributed by atoms with van der Waals surface area (Å²) in [6.45, 7) is 3.93. The zero-order valence-electron chi connectivity index (χ0n) is 12.0. The van der Waals surface area contributed by atoms with Crippen LogP contribution >= 0.6 is 0 Å². The van der Waals surface area contributed by atoms with E-state index >= 15 is 0 Å². The van der Waals surface area contributed by atoms with Gasteiger partial charge in [0, 0.05) is 17.2 Å². The van der Waals surface area contributed by atoms with E-state index < -0.39 is 5.97 Å². The molecule has 21 heavy (non-hydrogen) atoms. The van der Waals surface area contributed by atoms with Gasteiger partial charge in [-0.05, 0) is 38.5 Å². The predicted molar refractivity (Wildman–Crippen MR) is 76.2 cm³/mol. The second kappa shape index (κ2) is 7.06. The molecule has 6 nitrogen and oxygen atoms in total. The molecule has 1 aliphatic carbocycles. The minimum Gasteiger partial charge on any atom is -0.492 e. The Morgan fingerprint density at radius 3 is 2.29 bits per heavy atom. The van der Waals surface area contributed by atoms with Crippen LogP contribution in [0.5, 0.6) is 11.8 Å². The minimum absolute atomic E-state index is 0.000264. The van der Waals surface area contributed by atoms with Gasteiger partial charge >= 0.3 is 5.97 Å². The lowest BCUT2D eigenvalue weighted by Gasteiger charge is -2.09. The second-order valence-electron chi connectivity index (χ2n) is 5.02. The van der Waals surface area contributed by atoms with Gasteiger partial charge in [-0.2, -0.15) is 0 Å². The minimum atomic E-state index is -0.440. The molecule has 6 heteroatoms. The van der Waals surface area contributed by atoms with E-state index in [-0.39, 0.29) is 11.8 Å². The van der Waals surface area contributed by atoms with Crippen molar-refractivity contribution >= 4 is 5.97 Å². The van der Waals surface area contributed by atoms with Gasteiger partial charge in [-0.3, -0.25) is 0 Å². The monoisotopic (exact) mass is 295 g/mol. The van der Waals surface area contributed by atoms with Gasteiger partial charge in [-0.15, -0.1) is 4.73 Å². The number of esters is 1. The number of carbonyl (C=O) groups is 1. The fourth-order valence-corrected chi connectivity index (χ4v) is 2.46. The molecule has 0 aliphatic heterocycles. The van der Waals surface area contributed by atoms with Gasteiger partial charge in [0.2, 0.25) is 11.8 Å². The molecular weight excluding hydrogens is 274 g/mol. The molecule has 2 N–H and O–H groups in total. The fraction of sp³-hybridized carbons (Fsp3) is 0.533. The number of unbranched alkanes of at least 4 members (excludes halogenated alkanes) is 1. The summed E-state index contributed by atoms with van der Waals surface area (Å²) in [5, 5.41) is 20.1. The zero-order chi connectivity index (χ0) is 15.2. The van der Waals surface area contributed by atoms with Crippen LogP contribution in [-0.2, 0) is 22.4 Å². The van der Waals surface area contributed by atoms with E-state index in [1.54, 1.807) is 0 Å². The van der Waals surface area contributed by atoms with E-state index in [0.29, 0.717) is 26.1 Å². The number of fused-ring (bicyclic) bond motifs is 1. The van der Waals surface area contributed by atoms with Crippen molar-refractivity contribution in [2.75, 3.05) is 13.2 Å². The summed E-state index contributed by atoms with van der Waals surface area (Å²) in [5.41, 5.74) is 1.58. The second-order valence-corrected chi connectivity index (χ2v) is 5.02. The van der Waals surface area contributed by atoms with Gasteiger partial charge in [-0.25, -0.2) is 4.79 Å². The number of carbonyl (C=O) groups excluding carboxylic acids is 1. The van der Waals surface area contributed by atoms with Crippen molar-refractivity contribution < 1.29 is 24.6 Å². The lowest BCUT2D eigenvalue weighted by Crippen LogP contribution is -2.13. The van der Waals surface area contributed by atoms with Gasteiger partial charge in [-0.1, -0.05) is 6.58 Å². The molecule has 0 bridgehead atoms. The van der Waals surface area contributed by atoms with Crippen LogP contribution in [0.4, 0.5) is 0 Å². The zero-order valence-corrected chi connectivity index (χ0v) is 12.0. The Balaban J connectivity index is 1.80. The highest BCUT2D eigenvalue weighted by Crippen LogP contribution is 2.37. The molecule has 0 saturated heterocycles. The molecular formula is C15H21NO5. The molecule has 1 aliphatic rings. The summed E-state index contributed by atoms with van der Waals surface area (Å²) in [5.74, 6) is -0.440. The van der Waals surface area contributed by atoms with E-state index in [1.165, 1.54) is 0 Å². The lowest BCUT2D eigenvalue weighted by molar-refractivity contribution is -0.137. The number of nitrogens with zero attached hydrogens (tertiary/aromatic N) is 1. The number of aromatic hydroxyl groups is 2. The van der Waals surface area contributed by atoms with Crippen molar-refractivity contribution in [2.45, 2.75) is 38.5 Å². The normalized spacial score (nSPS) is 13.5. The molecule has 1 aromatic rings. The number of ether oxygens (including phenoxy) is 1. The maximum Gasteiger partial charge on any atom is 0.330 e. The van der Waals surface area contributed by atoms with Crippen molar-refractivity contribution in [1.82, 2.24) is 4.73 Å². The summed E-state index contributed by atoms with van der Waals surface area (Å²) in [4.78, 5) is 16.2. The first-order valence-corrected chi connectivity index (χ1v) is 7.22. The molecule has 0 fully saturated rings. The van der Waals surface area contributed by atoms with Crippen molar-refractivity contribution in [3.63, 3.8) is 0 Å². The third-order valence-electron chi connectivity index (χ3n) is 3.56. The Morgan fingerprint density at radius 2 is 1.71 bits per heavy atom. The van der Waals surface area contributed by atoms with E-state index in [9.17, 15) is 15.0 Å². The van der Waals surface area contributed by atoms with Crippen LogP contribution in [0.3, 0.4) is 0 Å². The van der Waals surface area contributed by atoms with E-state index in [0.717, 1.165) is 47.6 Å². The first-order chi connectivity index (χ1) is 10.1. The number of rotatable bonds is 7. The standard InChI is InChI=1S/C15H21NO5/c1-2-13(17)20-9-5-6-10-21-16-14(18)11-7-3-4-8-12(11)15(16)19/h2,18-19H,1,3-10H2. The summed E-state index contributed by atoms with van der Waals surface area (Å²) in [6, 6.07) is 0. The molecule has 0 aromatic carbocycles. The van der Waals surface area contributed by atoms with Gasteiger partial charge in [0.05, 0.1) is 6.61 Å². The molecule has 1 aromatic heterocycles.